The maximum atomic E-state index is 13.9. The number of phenolic OH excluding ortho intramolecular Hbond substituents is 1. The van der Waals surface area contributed by atoms with Gasteiger partial charge >= 0.3 is 5.63 Å². The van der Waals surface area contributed by atoms with Crippen molar-refractivity contribution in [2.45, 2.75) is 38.1 Å². The van der Waals surface area contributed by atoms with Gasteiger partial charge in [-0.05, 0) is 67.8 Å². The molecule has 0 bridgehead atoms. The van der Waals surface area contributed by atoms with Gasteiger partial charge in [-0.2, -0.15) is 0 Å². The molecule has 1 atom stereocenters. The molecule has 1 aromatic heterocycles. The van der Waals surface area contributed by atoms with Crippen LogP contribution in [0.3, 0.4) is 0 Å². The van der Waals surface area contributed by atoms with Gasteiger partial charge in [0.2, 0.25) is 0 Å². The summed E-state index contributed by atoms with van der Waals surface area (Å²) >= 11 is 3.63. The van der Waals surface area contributed by atoms with E-state index in [-0.39, 0.29) is 33.8 Å². The maximum Gasteiger partial charge on any atom is 0.347 e. The molecule has 0 radical (unpaired) electrons. The molecule has 0 fully saturated rings. The van der Waals surface area contributed by atoms with Crippen molar-refractivity contribution >= 4 is 49.9 Å². The van der Waals surface area contributed by atoms with E-state index < -0.39 is 16.9 Å². The fourth-order valence-electron chi connectivity index (χ4n) is 6.10. The van der Waals surface area contributed by atoms with E-state index in [0.717, 1.165) is 21.3 Å². The zero-order valence-corrected chi connectivity index (χ0v) is 22.6. The zero-order chi connectivity index (χ0) is 27.0. The van der Waals surface area contributed by atoms with E-state index in [4.69, 9.17) is 4.42 Å². The summed E-state index contributed by atoms with van der Waals surface area (Å²) in [5.74, 6) is -0.940. The lowest BCUT2D eigenvalue weighted by molar-refractivity contribution is -0.114. The molecule has 1 N–H and O–H groups in total. The first-order valence-electron chi connectivity index (χ1n) is 12.3. The maximum absolute atomic E-state index is 13.9. The Kier molecular flexibility index (Phi) is 5.30. The highest BCUT2D eigenvalue weighted by Gasteiger charge is 2.52. The lowest BCUT2D eigenvalue weighted by Crippen LogP contribution is -2.54. The molecule has 6 rings (SSSR count). The Bertz CT molecular complexity index is 1770. The molecule has 2 aliphatic heterocycles. The van der Waals surface area contributed by atoms with Crippen molar-refractivity contribution in [3.05, 3.63) is 110 Å². The fourth-order valence-corrected chi connectivity index (χ4v) is 6.56. The van der Waals surface area contributed by atoms with Crippen LogP contribution in [0.25, 0.3) is 16.5 Å². The van der Waals surface area contributed by atoms with Gasteiger partial charge in [0.25, 0.3) is 5.91 Å². The van der Waals surface area contributed by atoms with Gasteiger partial charge in [-0.25, -0.2) is 4.79 Å². The molecule has 6 nitrogen and oxygen atoms in total. The highest BCUT2D eigenvalue weighted by molar-refractivity contribution is 9.10. The Morgan fingerprint density at radius 2 is 1.76 bits per heavy atom. The Balaban J connectivity index is 1.54. The number of carbonyl (C=O) groups excluding carboxylic acids is 2. The van der Waals surface area contributed by atoms with Crippen molar-refractivity contribution in [2.24, 2.45) is 0 Å². The van der Waals surface area contributed by atoms with Crippen molar-refractivity contribution in [3.8, 4) is 5.75 Å². The van der Waals surface area contributed by atoms with E-state index in [1.807, 2.05) is 38.1 Å². The minimum Gasteiger partial charge on any atom is -0.508 e. The number of amides is 1. The van der Waals surface area contributed by atoms with Gasteiger partial charge in [0.05, 0.1) is 11.3 Å². The van der Waals surface area contributed by atoms with Gasteiger partial charge in [-0.15, -0.1) is 0 Å². The molecule has 1 amide bonds. The monoisotopic (exact) mass is 569 g/mol. The summed E-state index contributed by atoms with van der Waals surface area (Å²) in [5.41, 5.74) is 2.08. The highest BCUT2D eigenvalue weighted by Crippen LogP contribution is 2.56. The number of carbonyl (C=O) groups is 2. The van der Waals surface area contributed by atoms with Crippen molar-refractivity contribution in [3.63, 3.8) is 0 Å². The topological polar surface area (TPSA) is 87.8 Å². The first-order valence-corrected chi connectivity index (χ1v) is 13.1. The summed E-state index contributed by atoms with van der Waals surface area (Å²) in [6, 6.07) is 19.9. The molecular formula is C31H24BrNO5. The molecule has 0 spiro atoms. The first-order chi connectivity index (χ1) is 18.0. The predicted molar refractivity (Wildman–Crippen MR) is 150 cm³/mol. The zero-order valence-electron chi connectivity index (χ0n) is 21.0. The third-order valence-corrected chi connectivity index (χ3v) is 8.14. The van der Waals surface area contributed by atoms with Crippen LogP contribution < -0.4 is 10.5 Å². The van der Waals surface area contributed by atoms with E-state index in [1.54, 1.807) is 11.0 Å². The summed E-state index contributed by atoms with van der Waals surface area (Å²) in [7, 11) is 0. The molecule has 2 aliphatic rings. The Morgan fingerprint density at radius 3 is 2.50 bits per heavy atom. The number of aromatic hydroxyl groups is 1. The average molecular weight is 570 g/mol. The Labute approximate surface area is 227 Å². The summed E-state index contributed by atoms with van der Waals surface area (Å²) in [6.07, 6.45) is 1.93. The van der Waals surface area contributed by atoms with E-state index in [2.05, 4.69) is 41.1 Å². The molecule has 0 saturated heterocycles. The fraction of sp³-hybridized carbons (Fsp3) is 0.194. The minimum absolute atomic E-state index is 0.0490. The first kappa shape index (κ1) is 24.4. The molecule has 7 heteroatoms. The number of hydrogen-bond donors (Lipinski definition) is 1. The summed E-state index contributed by atoms with van der Waals surface area (Å²) < 4.78 is 6.08. The minimum atomic E-state index is -0.830. The van der Waals surface area contributed by atoms with Crippen LogP contribution >= 0.6 is 15.9 Å². The summed E-state index contributed by atoms with van der Waals surface area (Å²) in [5, 5.41) is 10.2. The number of benzene rings is 3. The van der Waals surface area contributed by atoms with Crippen LogP contribution in [0.1, 0.15) is 54.2 Å². The molecule has 38 heavy (non-hydrogen) atoms. The number of phenols is 1. The second-order valence-corrected chi connectivity index (χ2v) is 11.7. The van der Waals surface area contributed by atoms with Crippen LogP contribution in [0.2, 0.25) is 0 Å². The quantitative estimate of drug-likeness (QED) is 0.176. The van der Waals surface area contributed by atoms with Crippen LogP contribution in [0.4, 0.5) is 5.69 Å². The second-order valence-electron chi connectivity index (χ2n) is 10.8. The molecule has 0 aliphatic carbocycles. The Morgan fingerprint density at radius 1 is 1.03 bits per heavy atom. The smallest absolute Gasteiger partial charge is 0.347 e. The summed E-state index contributed by atoms with van der Waals surface area (Å²) in [6.45, 7) is 6.27. The number of nitrogens with zero attached hydrogens (tertiary/aromatic N) is 1. The van der Waals surface area contributed by atoms with E-state index in [0.29, 0.717) is 17.4 Å². The van der Waals surface area contributed by atoms with E-state index in [1.165, 1.54) is 24.3 Å². The van der Waals surface area contributed by atoms with Crippen molar-refractivity contribution < 1.29 is 19.1 Å². The van der Waals surface area contributed by atoms with Crippen molar-refractivity contribution in [2.75, 3.05) is 4.90 Å². The van der Waals surface area contributed by atoms with Crippen LogP contribution in [-0.4, -0.2) is 22.3 Å². The second kappa shape index (κ2) is 8.27. The number of rotatable bonds is 3. The third-order valence-electron chi connectivity index (χ3n) is 7.68. The van der Waals surface area contributed by atoms with Gasteiger partial charge in [0.1, 0.15) is 16.9 Å². The number of halogens is 1. The van der Waals surface area contributed by atoms with Crippen molar-refractivity contribution in [1.29, 1.82) is 0 Å². The average Bonchev–Trinajstić information content (AvgIpc) is 3.14. The van der Waals surface area contributed by atoms with Gasteiger partial charge < -0.3 is 14.4 Å². The Hall–Kier alpha value is -3.97. The van der Waals surface area contributed by atoms with Gasteiger partial charge in [0.15, 0.2) is 5.78 Å². The number of fused-ring (bicyclic) bond motifs is 1. The van der Waals surface area contributed by atoms with Crippen LogP contribution in [0.15, 0.2) is 86.5 Å². The molecule has 3 heterocycles. The molecule has 0 saturated carbocycles. The van der Waals surface area contributed by atoms with Crippen LogP contribution in [-0.2, 0) is 10.2 Å². The largest absolute Gasteiger partial charge is 0.508 e. The lowest BCUT2D eigenvalue weighted by Gasteiger charge is -2.49. The van der Waals surface area contributed by atoms with E-state index >= 15 is 0 Å². The van der Waals surface area contributed by atoms with Gasteiger partial charge in [-0.1, -0.05) is 53.2 Å². The number of anilines is 1. The predicted octanol–water partition coefficient (Wildman–Crippen LogP) is 6.36. The van der Waals surface area contributed by atoms with Crippen molar-refractivity contribution in [1.82, 2.24) is 0 Å². The standard InChI is InChI=1S/C31H24BrNO5/c1-30(2)16-31(3,18-7-5-4-6-8-18)24-13-19(32)12-21-22(28(36)33(30)27(21)24)15-25(35)23-11-17-9-10-20(34)14-26(17)38-29(23)37/h4-15,34H,16H2,1-3H3/b22-15+. The number of hydrogen-bond acceptors (Lipinski definition) is 5. The van der Waals surface area contributed by atoms with Gasteiger partial charge in [0, 0.05) is 32.4 Å². The SMILES string of the molecule is CC1(c2ccccc2)CC(C)(C)N2C(=O)/C(=C/C(=O)c3cc4ccc(O)cc4oc3=O)c3cc(Br)cc1c32. The highest BCUT2D eigenvalue weighted by atomic mass is 79.9. The third kappa shape index (κ3) is 3.56. The molecule has 1 unspecified atom stereocenters. The van der Waals surface area contributed by atoms with Crippen LogP contribution in [0, 0.1) is 0 Å². The molecule has 3 aromatic carbocycles. The normalized spacial score (nSPS) is 20.7. The van der Waals surface area contributed by atoms with Gasteiger partial charge in [-0.3, -0.25) is 9.59 Å². The number of ketones is 1. The number of allylic oxidation sites excluding steroid dienone is 1. The molecular weight excluding hydrogens is 546 g/mol. The summed E-state index contributed by atoms with van der Waals surface area (Å²) in [4.78, 5) is 41.8. The van der Waals surface area contributed by atoms with Crippen LogP contribution in [0.5, 0.6) is 5.75 Å². The van der Waals surface area contributed by atoms with E-state index in [9.17, 15) is 19.5 Å². The molecule has 190 valence electrons. The lowest BCUT2D eigenvalue weighted by atomic mass is 9.65. The molecule has 4 aromatic rings.